The maximum absolute atomic E-state index is 13.7. The number of urea groups is 1. The third-order valence-electron chi connectivity index (χ3n) is 8.50. The second-order valence-electron chi connectivity index (χ2n) is 10.7. The summed E-state index contributed by atoms with van der Waals surface area (Å²) in [5.74, 6) is -0.0851. The molecule has 1 aromatic carbocycles. The Bertz CT molecular complexity index is 1150. The Morgan fingerprint density at radius 2 is 1.86 bits per heavy atom. The first-order valence-electron chi connectivity index (χ1n) is 13.0. The summed E-state index contributed by atoms with van der Waals surface area (Å²) < 4.78 is 0. The minimum Gasteiger partial charge on any atom is -0.384 e. The number of likely N-dealkylation sites (N-methyl/N-ethyl adjacent to an activating group) is 1. The number of nitrogens with one attached hydrogen (secondary N) is 1. The van der Waals surface area contributed by atoms with Gasteiger partial charge in [0.25, 0.3) is 5.91 Å². The van der Waals surface area contributed by atoms with E-state index < -0.39 is 18.0 Å². The number of aromatic nitrogens is 1. The van der Waals surface area contributed by atoms with E-state index in [-0.39, 0.29) is 17.4 Å². The van der Waals surface area contributed by atoms with Crippen molar-refractivity contribution in [3.8, 4) is 0 Å². The van der Waals surface area contributed by atoms with E-state index >= 15 is 0 Å². The normalized spacial score (nSPS) is 27.8. The van der Waals surface area contributed by atoms with Crippen molar-refractivity contribution in [3.05, 3.63) is 54.2 Å². The molecule has 0 bridgehead atoms. The summed E-state index contributed by atoms with van der Waals surface area (Å²) in [6.45, 7) is 2.16. The fourth-order valence-corrected chi connectivity index (χ4v) is 6.28. The molecule has 2 saturated carbocycles. The zero-order valence-electron chi connectivity index (χ0n) is 21.0. The van der Waals surface area contributed by atoms with Crippen molar-refractivity contribution in [3.63, 3.8) is 0 Å². The molecule has 3 aliphatic rings. The highest BCUT2D eigenvalue weighted by atomic mass is 16.2. The van der Waals surface area contributed by atoms with Gasteiger partial charge in [-0.25, -0.2) is 9.78 Å². The summed E-state index contributed by atoms with van der Waals surface area (Å²) in [6.07, 6.45) is 8.63. The topological polar surface area (TPSA) is 109 Å². The van der Waals surface area contributed by atoms with Crippen LogP contribution >= 0.6 is 0 Å². The second kappa shape index (κ2) is 9.56. The number of rotatable bonds is 6. The largest absolute Gasteiger partial charge is 0.384 e. The molecule has 4 atom stereocenters. The van der Waals surface area contributed by atoms with E-state index in [1.165, 1.54) is 24.2 Å². The molecule has 36 heavy (non-hydrogen) atoms. The zero-order valence-corrected chi connectivity index (χ0v) is 21.0. The third-order valence-corrected chi connectivity index (χ3v) is 8.50. The molecule has 0 radical (unpaired) electrons. The van der Waals surface area contributed by atoms with Crippen molar-refractivity contribution in [2.45, 2.75) is 63.5 Å². The maximum Gasteiger partial charge on any atom is 0.325 e. The Kier molecular flexibility index (Phi) is 6.45. The van der Waals surface area contributed by atoms with Gasteiger partial charge in [0.05, 0.1) is 5.92 Å². The number of β-lactam (4-membered cyclic amide) rings is 1. The van der Waals surface area contributed by atoms with E-state index in [1.807, 2.05) is 30.3 Å². The molecule has 2 unspecified atom stereocenters. The number of nitrogens with two attached hydrogens (primary N) is 1. The minimum absolute atomic E-state index is 0.263. The summed E-state index contributed by atoms with van der Waals surface area (Å²) >= 11 is 0. The van der Waals surface area contributed by atoms with E-state index in [0.717, 1.165) is 29.7 Å². The van der Waals surface area contributed by atoms with Crippen molar-refractivity contribution in [2.24, 2.45) is 17.8 Å². The van der Waals surface area contributed by atoms with E-state index in [0.29, 0.717) is 29.8 Å². The van der Waals surface area contributed by atoms with Crippen LogP contribution in [0, 0.1) is 17.8 Å². The highest BCUT2D eigenvalue weighted by molar-refractivity contribution is 6.12. The van der Waals surface area contributed by atoms with E-state index in [9.17, 15) is 14.4 Å². The van der Waals surface area contributed by atoms with Gasteiger partial charge in [-0.15, -0.1) is 0 Å². The van der Waals surface area contributed by atoms with Gasteiger partial charge in [0.1, 0.15) is 11.9 Å². The van der Waals surface area contributed by atoms with Crippen molar-refractivity contribution in [2.75, 3.05) is 17.7 Å². The predicted octanol–water partition coefficient (Wildman–Crippen LogP) is 3.76. The van der Waals surface area contributed by atoms with Crippen molar-refractivity contribution in [1.29, 1.82) is 0 Å². The number of anilines is 2. The summed E-state index contributed by atoms with van der Waals surface area (Å²) in [5, 5.41) is 3.24. The number of likely N-dealkylation sites (tertiary alicyclic amines) is 1. The van der Waals surface area contributed by atoms with Crippen molar-refractivity contribution >= 4 is 29.4 Å². The highest BCUT2D eigenvalue weighted by Crippen LogP contribution is 2.53. The van der Waals surface area contributed by atoms with Gasteiger partial charge in [0.2, 0.25) is 5.91 Å². The summed E-state index contributed by atoms with van der Waals surface area (Å²) in [7, 11) is 1.69. The first kappa shape index (κ1) is 24.3. The number of nitrogens with zero attached hydrogens (tertiary/aromatic N) is 3. The van der Waals surface area contributed by atoms with Gasteiger partial charge in [-0.3, -0.25) is 14.5 Å². The minimum atomic E-state index is -0.880. The fraction of sp³-hybridized carbons (Fsp3) is 0.500. The monoisotopic (exact) mass is 489 g/mol. The standard InChI is InChI=1S/C28H35N5O3/c1-18-17-28(18,20-9-5-3-6-10-20)31-27(36)33-24(26(35)32(2)21-11-7-4-8-12-21)22(25(33)34)15-19-13-14-30-23(29)16-19/h4,7-8,11-14,16,18,20,22,24H,3,5-6,9-10,15,17H2,1-2H3,(H2,29,30)(H,31,36)/t18?,22-,24+,28?/m1/s1. The van der Waals surface area contributed by atoms with Gasteiger partial charge in [0.15, 0.2) is 0 Å². The molecule has 4 amide bonds. The number of imide groups is 1. The van der Waals surface area contributed by atoms with Gasteiger partial charge in [0, 0.05) is 24.5 Å². The molecule has 2 aromatic rings. The van der Waals surface area contributed by atoms with Gasteiger partial charge < -0.3 is 16.0 Å². The number of pyridine rings is 1. The van der Waals surface area contributed by atoms with Crippen LogP contribution in [0.25, 0.3) is 0 Å². The van der Waals surface area contributed by atoms with Crippen molar-refractivity contribution < 1.29 is 14.4 Å². The number of benzene rings is 1. The number of nitrogen functional groups attached to an aromatic ring is 1. The molecule has 3 fully saturated rings. The zero-order chi connectivity index (χ0) is 25.4. The maximum atomic E-state index is 13.7. The van der Waals surface area contributed by atoms with E-state index in [1.54, 1.807) is 25.4 Å². The molecule has 1 aromatic heterocycles. The highest BCUT2D eigenvalue weighted by Gasteiger charge is 2.61. The Morgan fingerprint density at radius 3 is 2.50 bits per heavy atom. The van der Waals surface area contributed by atoms with Gasteiger partial charge in [-0.05, 0) is 67.3 Å². The van der Waals surface area contributed by atoms with Crippen LogP contribution in [0.15, 0.2) is 48.7 Å². The summed E-state index contributed by atoms with van der Waals surface area (Å²) in [6, 6.07) is 11.4. The lowest BCUT2D eigenvalue weighted by Gasteiger charge is -2.46. The molecular formula is C28H35N5O3. The number of amides is 4. The van der Waals surface area contributed by atoms with Crippen LogP contribution in [0.5, 0.6) is 0 Å². The molecule has 2 aliphatic carbocycles. The quantitative estimate of drug-likeness (QED) is 0.601. The molecule has 1 aliphatic heterocycles. The summed E-state index contributed by atoms with van der Waals surface area (Å²) in [5.41, 5.74) is 7.10. The molecule has 190 valence electrons. The third kappa shape index (κ3) is 4.33. The predicted molar refractivity (Wildman–Crippen MR) is 138 cm³/mol. The van der Waals surface area contributed by atoms with E-state index in [2.05, 4.69) is 17.2 Å². The van der Waals surface area contributed by atoms with Crippen LogP contribution in [-0.2, 0) is 16.0 Å². The molecule has 2 heterocycles. The Labute approximate surface area is 212 Å². The lowest BCUT2D eigenvalue weighted by Crippen LogP contribution is -2.71. The summed E-state index contributed by atoms with van der Waals surface area (Å²) in [4.78, 5) is 47.4. The molecule has 1 saturated heterocycles. The molecule has 3 N–H and O–H groups in total. The number of hydrogen-bond donors (Lipinski definition) is 2. The van der Waals surface area contributed by atoms with Crippen LogP contribution < -0.4 is 16.0 Å². The van der Waals surface area contributed by atoms with Crippen LogP contribution in [0.3, 0.4) is 0 Å². The van der Waals surface area contributed by atoms with Crippen LogP contribution in [-0.4, -0.2) is 46.4 Å². The first-order chi connectivity index (χ1) is 17.3. The van der Waals surface area contributed by atoms with Crippen LogP contribution in [0.4, 0.5) is 16.3 Å². The average molecular weight is 490 g/mol. The Balaban J connectivity index is 1.39. The van der Waals surface area contributed by atoms with Gasteiger partial charge in [-0.1, -0.05) is 44.4 Å². The number of carbonyl (C=O) groups is 3. The van der Waals surface area contributed by atoms with Gasteiger partial charge >= 0.3 is 6.03 Å². The number of carbonyl (C=O) groups excluding carboxylic acids is 3. The molecule has 8 heteroatoms. The molecule has 8 nitrogen and oxygen atoms in total. The number of hydrogen-bond acceptors (Lipinski definition) is 5. The van der Waals surface area contributed by atoms with Gasteiger partial charge in [-0.2, -0.15) is 0 Å². The lowest BCUT2D eigenvalue weighted by molar-refractivity contribution is -0.156. The van der Waals surface area contributed by atoms with Crippen LogP contribution in [0.1, 0.15) is 51.0 Å². The van der Waals surface area contributed by atoms with Crippen LogP contribution in [0.2, 0.25) is 0 Å². The lowest BCUT2D eigenvalue weighted by atomic mass is 9.80. The molecule has 0 spiro atoms. The Hall–Kier alpha value is -3.42. The SMILES string of the molecule is CC1CC1(NC(=O)N1C(=O)[C@H](Cc2ccnc(N)c2)[C@H]1C(=O)N(C)c1ccccc1)C1CCCCC1. The first-order valence-corrected chi connectivity index (χ1v) is 13.0. The number of para-hydroxylation sites is 1. The molecule has 5 rings (SSSR count). The molecular weight excluding hydrogens is 454 g/mol. The fourth-order valence-electron chi connectivity index (χ4n) is 6.28. The Morgan fingerprint density at radius 1 is 1.17 bits per heavy atom. The van der Waals surface area contributed by atoms with Crippen molar-refractivity contribution in [1.82, 2.24) is 15.2 Å². The van der Waals surface area contributed by atoms with E-state index in [4.69, 9.17) is 5.73 Å². The smallest absolute Gasteiger partial charge is 0.325 e. The average Bonchev–Trinajstić information content (AvgIpc) is 3.55. The second-order valence-corrected chi connectivity index (χ2v) is 10.7.